The maximum atomic E-state index is 16.0. The van der Waals surface area contributed by atoms with Crippen molar-refractivity contribution in [3.63, 3.8) is 0 Å². The van der Waals surface area contributed by atoms with Crippen molar-refractivity contribution in [2.75, 3.05) is 38.2 Å². The monoisotopic (exact) mass is 1760 g/mol. The summed E-state index contributed by atoms with van der Waals surface area (Å²) in [5.74, 6) is -7.93. The lowest BCUT2D eigenvalue weighted by Crippen LogP contribution is -2.61. The number of hydrogen-bond donors (Lipinski definition) is 12. The highest BCUT2D eigenvalue weighted by molar-refractivity contribution is 7.98. The van der Waals surface area contributed by atoms with Crippen LogP contribution in [0.2, 0.25) is 0 Å². The molecule has 3 aliphatic rings. The van der Waals surface area contributed by atoms with Gasteiger partial charge in [-0.05, 0) is 219 Å². The number of guanidine groups is 1. The molecular weight excluding hydrogens is 1630 g/mol. The first-order valence-electron chi connectivity index (χ1n) is 42.3. The molecule has 0 radical (unpaired) electrons. The van der Waals surface area contributed by atoms with Crippen molar-refractivity contribution in [3.8, 4) is 5.75 Å². The average Bonchev–Trinajstić information content (AvgIpc) is 1.56. The number of likely N-dealkylation sites (tertiary alicyclic amines) is 2. The van der Waals surface area contributed by atoms with Crippen LogP contribution >= 0.6 is 11.8 Å². The van der Waals surface area contributed by atoms with Gasteiger partial charge in [0.15, 0.2) is 0 Å². The molecule has 4 heterocycles. The van der Waals surface area contributed by atoms with Crippen LogP contribution in [-0.2, 0) is 93.1 Å². The lowest BCUT2D eigenvalue weighted by atomic mass is 9.94. The van der Waals surface area contributed by atoms with Gasteiger partial charge in [0.1, 0.15) is 82.5 Å². The predicted molar refractivity (Wildman–Crippen MR) is 470 cm³/mol. The third-order valence-corrected chi connectivity index (χ3v) is 23.7. The maximum absolute atomic E-state index is 16.0. The van der Waals surface area contributed by atoms with Gasteiger partial charge in [0.2, 0.25) is 53.2 Å². The molecule has 678 valence electrons. The summed E-state index contributed by atoms with van der Waals surface area (Å²) in [5.41, 5.74) is 0.614. The number of fused-ring (bicyclic) bond motifs is 2. The Morgan fingerprint density at radius 2 is 1.04 bits per heavy atom. The number of para-hydroxylation sites is 1. The quantitative estimate of drug-likeness (QED) is 0.00768. The molecule has 4 aromatic carbocycles. The van der Waals surface area contributed by atoms with Crippen LogP contribution in [0, 0.1) is 32.1 Å². The van der Waals surface area contributed by atoms with Crippen LogP contribution in [0.1, 0.15) is 193 Å². The van der Waals surface area contributed by atoms with E-state index in [1.807, 2.05) is 20.1 Å². The number of aromatic nitrogens is 1. The fraction of sp³-hybridized carbons (Fsp3) is 0.562. The van der Waals surface area contributed by atoms with Gasteiger partial charge in [0.25, 0.3) is 10.0 Å². The second kappa shape index (κ2) is 43.1. The molecule has 9 atom stereocenters. The zero-order valence-corrected chi connectivity index (χ0v) is 76.0. The molecular formula is C89H126N14O19S2. The number of nitrogens with one attached hydrogen (secondary N) is 11. The van der Waals surface area contributed by atoms with Gasteiger partial charge in [-0.2, -0.15) is 11.8 Å². The molecule has 10 amide bonds. The number of carbonyl (C=O) groups excluding carboxylic acids is 11. The highest BCUT2D eigenvalue weighted by Gasteiger charge is 2.44. The Kier molecular flexibility index (Phi) is 34.2. The molecule has 0 spiro atoms. The normalized spacial score (nSPS) is 16.8. The van der Waals surface area contributed by atoms with Crippen LogP contribution in [0.15, 0.2) is 96.0 Å². The Balaban J connectivity index is 1.18. The Hall–Kier alpha value is -11.0. The molecule has 0 saturated carbocycles. The Bertz CT molecular complexity index is 4810. The largest absolute Gasteiger partial charge is 0.487 e. The van der Waals surface area contributed by atoms with Crippen molar-refractivity contribution in [3.05, 3.63) is 130 Å². The number of carbonyl (C=O) groups is 12. The topological polar surface area (TPSA) is 452 Å². The molecule has 3 aliphatic heterocycles. The fourth-order valence-corrected chi connectivity index (χ4v) is 17.4. The van der Waals surface area contributed by atoms with Gasteiger partial charge in [-0.25, -0.2) is 32.3 Å². The van der Waals surface area contributed by atoms with E-state index in [4.69, 9.17) is 24.4 Å². The van der Waals surface area contributed by atoms with E-state index in [0.717, 1.165) is 5.56 Å². The van der Waals surface area contributed by atoms with E-state index in [2.05, 4.69) is 52.6 Å². The summed E-state index contributed by atoms with van der Waals surface area (Å²) < 4.78 is 55.5. The number of alkyl carbamates (subject to hydrolysis) is 2. The van der Waals surface area contributed by atoms with Gasteiger partial charge in [-0.1, -0.05) is 92.7 Å². The minimum Gasteiger partial charge on any atom is -0.487 e. The summed E-state index contributed by atoms with van der Waals surface area (Å²) in [5, 5.41) is 44.6. The van der Waals surface area contributed by atoms with Gasteiger partial charge >= 0.3 is 24.2 Å². The molecule has 12 N–H and O–H groups in total. The number of thioether (sulfide) groups is 1. The summed E-state index contributed by atoms with van der Waals surface area (Å²) in [4.78, 5) is 177. The molecule has 124 heavy (non-hydrogen) atoms. The first kappa shape index (κ1) is 98.5. The summed E-state index contributed by atoms with van der Waals surface area (Å²) in [6.45, 7) is 27.4. The number of carboxylic acids is 1. The third-order valence-electron chi connectivity index (χ3n) is 21.4. The van der Waals surface area contributed by atoms with Gasteiger partial charge in [0.05, 0.1) is 10.4 Å². The highest BCUT2D eigenvalue weighted by Crippen LogP contribution is 2.44. The van der Waals surface area contributed by atoms with E-state index in [0.29, 0.717) is 75.0 Å². The van der Waals surface area contributed by atoms with Gasteiger partial charge in [-0.15, -0.1) is 0 Å². The first-order valence-corrected chi connectivity index (χ1v) is 45.2. The van der Waals surface area contributed by atoms with E-state index < -0.39 is 177 Å². The Morgan fingerprint density at radius 1 is 0.565 bits per heavy atom. The number of carboxylic acid groups (broad SMARTS) is 1. The molecule has 0 aliphatic carbocycles. The molecule has 35 heteroatoms. The number of amides is 10. The molecule has 8 rings (SSSR count). The van der Waals surface area contributed by atoms with Crippen LogP contribution in [-0.4, -0.2) is 220 Å². The molecule has 2 fully saturated rings. The second-order valence-corrected chi connectivity index (χ2v) is 38.5. The van der Waals surface area contributed by atoms with E-state index in [9.17, 15) is 42.3 Å². The molecule has 2 saturated heterocycles. The summed E-state index contributed by atoms with van der Waals surface area (Å²) in [7, 11) is -4.45. The Morgan fingerprint density at radius 3 is 1.58 bits per heavy atom. The molecule has 1 aromatic heterocycles. The van der Waals surface area contributed by atoms with E-state index in [-0.39, 0.29) is 95.3 Å². The molecule has 5 aromatic rings. The van der Waals surface area contributed by atoms with Gasteiger partial charge in [0, 0.05) is 69.0 Å². The van der Waals surface area contributed by atoms with Crippen LogP contribution in [0.3, 0.4) is 0 Å². The average molecular weight is 1760 g/mol. The predicted octanol–water partition coefficient (Wildman–Crippen LogP) is 8.35. The zero-order chi connectivity index (χ0) is 91.5. The first-order chi connectivity index (χ1) is 58.1. The van der Waals surface area contributed by atoms with Crippen LogP contribution in [0.25, 0.3) is 10.9 Å². The minimum atomic E-state index is -4.45. The number of sulfonamides is 1. The standard InChI is InChI=1S/C89H126N14O19S2/c1-52(2)70(81(112)113)99-78(109)69-40-30-45-102(69)79(110)62(36-26-27-42-92-83(114)120-86(6,7)8)94-75(106)64(47-56-31-20-18-21-32-56)95-76(107)66(49-58-51-103(85(116)122-88(12,13)14)67-38-25-24-35-59(58)67)96-73(104)61(37-28-43-91-82(90)100-124(117,118)72-54(4)53(3)71-60(55(72)5)50-89(15,16)119-71)93-74(105)65(48-57-33-22-19-23-34-57)97-77(108)68-39-29-44-101(68)80(111)63(41-46-123-17)98-84(115)121-87(9,10)11/h18-25,31-35,38,51-52,61-66,68-70H,26-30,36-37,39-50H2,1-17H3,(H,92,114)(H,93,105)(H,94,106)(H,95,107)(H,96,104)(H,97,108)(H,98,115)(H,99,109)(H,112,113)(H3,90,91,100)/t61-,62-,63-,64-,65+,66+,68-,69-,70-/m0/s1. The maximum Gasteiger partial charge on any atom is 0.419 e. The zero-order valence-electron chi connectivity index (χ0n) is 74.3. The number of rotatable bonds is 37. The van der Waals surface area contributed by atoms with Gasteiger partial charge in [-0.3, -0.25) is 48.3 Å². The van der Waals surface area contributed by atoms with E-state index in [1.165, 1.54) is 32.3 Å². The summed E-state index contributed by atoms with van der Waals surface area (Å²) >= 11 is 1.45. The van der Waals surface area contributed by atoms with Crippen molar-refractivity contribution < 1.29 is 90.0 Å². The number of hydrogen-bond acceptors (Lipinski definition) is 20. The van der Waals surface area contributed by atoms with Crippen molar-refractivity contribution >= 4 is 110 Å². The number of unbranched alkanes of at least 4 members (excludes halogenated alkanes) is 1. The van der Waals surface area contributed by atoms with Crippen LogP contribution in [0.5, 0.6) is 5.75 Å². The van der Waals surface area contributed by atoms with Crippen molar-refractivity contribution in [2.45, 2.75) is 282 Å². The number of nitrogens with zero attached hydrogens (tertiary/aromatic N) is 3. The third kappa shape index (κ3) is 28.0. The van der Waals surface area contributed by atoms with Crippen LogP contribution < -0.4 is 57.3 Å². The smallest absolute Gasteiger partial charge is 0.419 e. The van der Waals surface area contributed by atoms with Crippen LogP contribution in [0.4, 0.5) is 14.4 Å². The lowest BCUT2D eigenvalue weighted by Gasteiger charge is -2.31. The number of aliphatic carboxylic acids is 1. The SMILES string of the molecule is CSCC[C@H](NC(=O)OC(C)(C)C)C(=O)N1CCC[C@H]1C(=O)N[C@H](Cc1ccccc1)C(=O)N[C@@H](CCCNC(=N)NS(=O)(=O)c1c(C)c(C)c2c(c1C)CC(C)(C)O2)C(=O)N[C@H](Cc1cn(C(=O)OC(C)(C)C)c2ccccc12)C(=O)N[C@@H](Cc1ccccc1)C(=O)N[C@@H](CCCCNC(=O)OC(C)(C)C)C(=O)N1CCC[C@H]1C(=O)N[C@H](C(=O)O)C(C)C. The van der Waals surface area contributed by atoms with Gasteiger partial charge < -0.3 is 81.7 Å². The number of benzene rings is 4. The second-order valence-electron chi connectivity index (χ2n) is 35.9. The Labute approximate surface area is 730 Å². The van der Waals surface area contributed by atoms with Crippen molar-refractivity contribution in [1.82, 2.24) is 66.9 Å². The van der Waals surface area contributed by atoms with E-state index >= 15 is 28.8 Å². The fourth-order valence-electron chi connectivity index (χ4n) is 15.4. The van der Waals surface area contributed by atoms with E-state index in [1.54, 1.807) is 182 Å². The molecule has 33 nitrogen and oxygen atoms in total. The minimum absolute atomic E-state index is 0.0292. The highest BCUT2D eigenvalue weighted by atomic mass is 32.2. The lowest BCUT2D eigenvalue weighted by molar-refractivity contribution is -0.146. The summed E-state index contributed by atoms with van der Waals surface area (Å²) in [6.07, 6.45) is 1.73. The molecule has 0 bridgehead atoms. The molecule has 0 unspecified atom stereocenters. The number of ether oxygens (including phenoxy) is 4. The summed E-state index contributed by atoms with van der Waals surface area (Å²) in [6, 6.07) is 11.3. The van der Waals surface area contributed by atoms with Crippen molar-refractivity contribution in [1.29, 1.82) is 5.41 Å². The van der Waals surface area contributed by atoms with Crippen molar-refractivity contribution in [2.24, 2.45) is 5.92 Å².